The molecule has 2 nitrogen and oxygen atoms in total. The lowest BCUT2D eigenvalue weighted by atomic mass is 9.42. The van der Waals surface area contributed by atoms with Gasteiger partial charge in [-0.25, -0.2) is 0 Å². The van der Waals surface area contributed by atoms with Gasteiger partial charge in [-0.1, -0.05) is 167 Å². The molecule has 12 rings (SSSR count). The van der Waals surface area contributed by atoms with Crippen LogP contribution in [0.1, 0.15) is 73.9 Å². The fourth-order valence-corrected chi connectivity index (χ4v) is 12.2. The highest BCUT2D eigenvalue weighted by molar-refractivity contribution is 6.93. The Bertz CT molecular complexity index is 3430. The van der Waals surface area contributed by atoms with E-state index in [1.807, 2.05) is 0 Å². The maximum absolute atomic E-state index is 2.70. The van der Waals surface area contributed by atoms with Crippen LogP contribution in [-0.4, -0.2) is 6.85 Å². The maximum atomic E-state index is 2.70. The minimum absolute atomic E-state index is 0.0148. The van der Waals surface area contributed by atoms with Crippen molar-refractivity contribution in [3.8, 4) is 44.5 Å². The SMILES string of the molecule is Cc1cc(C)c(-c2cc3c4c(c2)N(c2cc(-c5ccccc5)ccc2C)c2cc5c(cc2B4N(c2ccc(-c4ccccc4)cc2)c2ccc4ccccc4c2-3)C(C)(C)CCC5(C)C)c(C)c1. The first kappa shape index (κ1) is 41.3. The molecule has 0 radical (unpaired) electrons. The molecule has 0 saturated heterocycles. The minimum atomic E-state index is -0.106. The Labute approximate surface area is 397 Å². The Balaban J connectivity index is 1.24. The highest BCUT2D eigenvalue weighted by Gasteiger charge is 2.48. The monoisotopic (exact) mass is 864 g/mol. The van der Waals surface area contributed by atoms with E-state index in [0.717, 1.165) is 12.8 Å². The smallest absolute Gasteiger partial charge is 0.333 e. The fourth-order valence-electron chi connectivity index (χ4n) is 12.2. The van der Waals surface area contributed by atoms with Gasteiger partial charge in [0, 0.05) is 34.0 Å². The van der Waals surface area contributed by atoms with Crippen LogP contribution < -0.4 is 20.6 Å². The molecule has 0 N–H and O–H groups in total. The Morgan fingerprint density at radius 3 is 1.70 bits per heavy atom. The molecule has 3 heteroatoms. The molecule has 0 amide bonds. The summed E-state index contributed by atoms with van der Waals surface area (Å²) in [6, 6.07) is 67.0. The summed E-state index contributed by atoms with van der Waals surface area (Å²) in [6.07, 6.45) is 2.30. The summed E-state index contributed by atoms with van der Waals surface area (Å²) < 4.78 is 0. The van der Waals surface area contributed by atoms with E-state index in [1.165, 1.54) is 128 Å². The van der Waals surface area contributed by atoms with Gasteiger partial charge in [-0.15, -0.1) is 0 Å². The standard InChI is InChI=1S/C64H57BN2/c1-40-33-42(3)60(43(4)34-40)49-35-52-61-51-22-16-15-21-47(51)27-30-56(61)67(50-28-25-46(26-29-50)44-17-11-9-12-18-44)65-55-38-53-54(64(7,8)32-31-63(53,5)6)39-58(55)66(59(37-49)62(52)65)57-36-48(24-23-41(57)2)45-19-13-10-14-20-45/h9-30,33-39H,31-32H2,1-8H3. The van der Waals surface area contributed by atoms with Crippen LogP contribution >= 0.6 is 0 Å². The average Bonchev–Trinajstić information content (AvgIpc) is 3.33. The van der Waals surface area contributed by atoms with Gasteiger partial charge in [0.05, 0.1) is 0 Å². The Hall–Kier alpha value is -7.10. The number of fused-ring (bicyclic) bond motifs is 7. The number of aryl methyl sites for hydroxylation is 4. The molecule has 0 atom stereocenters. The first-order valence-electron chi connectivity index (χ1n) is 24.2. The van der Waals surface area contributed by atoms with Gasteiger partial charge in [-0.2, -0.15) is 0 Å². The Kier molecular flexibility index (Phi) is 9.39. The predicted molar refractivity (Wildman–Crippen MR) is 288 cm³/mol. The van der Waals surface area contributed by atoms with E-state index in [0.29, 0.717) is 0 Å². The lowest BCUT2D eigenvalue weighted by Crippen LogP contribution is -2.62. The highest BCUT2D eigenvalue weighted by atomic mass is 15.2. The molecule has 9 aromatic carbocycles. The highest BCUT2D eigenvalue weighted by Crippen LogP contribution is 2.54. The molecule has 0 aromatic heterocycles. The molecule has 2 heterocycles. The molecule has 67 heavy (non-hydrogen) atoms. The second kappa shape index (κ2) is 15.2. The van der Waals surface area contributed by atoms with Crippen molar-refractivity contribution in [1.29, 1.82) is 0 Å². The number of hydrogen-bond donors (Lipinski definition) is 0. The van der Waals surface area contributed by atoms with E-state index < -0.39 is 0 Å². The molecule has 0 bridgehead atoms. The predicted octanol–water partition coefficient (Wildman–Crippen LogP) is 16.1. The second-order valence-corrected chi connectivity index (χ2v) is 21.0. The number of benzene rings is 9. The zero-order valence-corrected chi connectivity index (χ0v) is 40.1. The lowest BCUT2D eigenvalue weighted by molar-refractivity contribution is 0.332. The van der Waals surface area contributed by atoms with Crippen molar-refractivity contribution >= 4 is 57.0 Å². The van der Waals surface area contributed by atoms with Gasteiger partial charge < -0.3 is 9.71 Å². The van der Waals surface area contributed by atoms with Gasteiger partial charge in [0.15, 0.2) is 0 Å². The molecular formula is C64H57BN2. The molecule has 0 spiro atoms. The maximum Gasteiger partial charge on any atom is 0.333 e. The molecule has 3 aliphatic rings. The van der Waals surface area contributed by atoms with Crippen LogP contribution in [0, 0.1) is 27.7 Å². The molecule has 2 aliphatic heterocycles. The molecule has 9 aromatic rings. The van der Waals surface area contributed by atoms with Crippen LogP contribution in [0.5, 0.6) is 0 Å². The van der Waals surface area contributed by atoms with Crippen molar-refractivity contribution in [1.82, 2.24) is 0 Å². The van der Waals surface area contributed by atoms with E-state index in [2.05, 4.69) is 241 Å². The van der Waals surface area contributed by atoms with Crippen molar-refractivity contribution in [3.63, 3.8) is 0 Å². The van der Waals surface area contributed by atoms with Gasteiger partial charge in [-0.05, 0) is 182 Å². The largest absolute Gasteiger partial charge is 0.376 e. The van der Waals surface area contributed by atoms with Crippen molar-refractivity contribution < 1.29 is 0 Å². The average molecular weight is 865 g/mol. The third-order valence-corrected chi connectivity index (χ3v) is 15.7. The van der Waals surface area contributed by atoms with Crippen molar-refractivity contribution in [3.05, 3.63) is 209 Å². The van der Waals surface area contributed by atoms with Gasteiger partial charge in [0.25, 0.3) is 0 Å². The second-order valence-electron chi connectivity index (χ2n) is 21.0. The first-order valence-corrected chi connectivity index (χ1v) is 24.2. The van der Waals surface area contributed by atoms with E-state index in [1.54, 1.807) is 0 Å². The van der Waals surface area contributed by atoms with Crippen LogP contribution in [0.3, 0.4) is 0 Å². The van der Waals surface area contributed by atoms with Crippen molar-refractivity contribution in [2.45, 2.75) is 79.1 Å². The van der Waals surface area contributed by atoms with E-state index in [9.17, 15) is 0 Å². The lowest BCUT2D eigenvalue weighted by Gasteiger charge is -2.49. The fraction of sp³-hybridized carbons (Fsp3) is 0.188. The normalized spacial score (nSPS) is 15.2. The zero-order valence-electron chi connectivity index (χ0n) is 40.1. The molecule has 0 fully saturated rings. The molecule has 0 unspecified atom stereocenters. The zero-order chi connectivity index (χ0) is 45.9. The molecule has 0 saturated carbocycles. The topological polar surface area (TPSA) is 6.48 Å². The Morgan fingerprint density at radius 1 is 0.433 bits per heavy atom. The number of rotatable bonds is 5. The summed E-state index contributed by atoms with van der Waals surface area (Å²) in [5.41, 5.74) is 27.1. The number of nitrogens with zero attached hydrogens (tertiary/aromatic N) is 2. The molecule has 1 aliphatic carbocycles. The van der Waals surface area contributed by atoms with Crippen LogP contribution in [0.2, 0.25) is 0 Å². The van der Waals surface area contributed by atoms with E-state index in [4.69, 9.17) is 0 Å². The van der Waals surface area contributed by atoms with E-state index in [-0.39, 0.29) is 17.7 Å². The van der Waals surface area contributed by atoms with Crippen molar-refractivity contribution in [2.75, 3.05) is 9.71 Å². The van der Waals surface area contributed by atoms with Crippen molar-refractivity contribution in [2.24, 2.45) is 0 Å². The first-order chi connectivity index (χ1) is 32.4. The van der Waals surface area contributed by atoms with Gasteiger partial charge >= 0.3 is 6.85 Å². The Morgan fingerprint density at radius 2 is 1.01 bits per heavy atom. The third-order valence-electron chi connectivity index (χ3n) is 15.7. The number of anilines is 5. The van der Waals surface area contributed by atoms with Gasteiger partial charge in [0.2, 0.25) is 0 Å². The summed E-state index contributed by atoms with van der Waals surface area (Å²) in [6.45, 7) is 18.9. The van der Waals surface area contributed by atoms with Gasteiger partial charge in [0.1, 0.15) is 0 Å². The summed E-state index contributed by atoms with van der Waals surface area (Å²) >= 11 is 0. The molecule has 326 valence electrons. The molecular weight excluding hydrogens is 808 g/mol. The quantitative estimate of drug-likeness (QED) is 0.159. The summed E-state index contributed by atoms with van der Waals surface area (Å²) in [4.78, 5) is 5.38. The summed E-state index contributed by atoms with van der Waals surface area (Å²) in [7, 11) is 0. The van der Waals surface area contributed by atoms with Crippen LogP contribution in [0.4, 0.5) is 28.4 Å². The number of hydrogen-bond acceptors (Lipinski definition) is 2. The summed E-state index contributed by atoms with van der Waals surface area (Å²) in [5, 5.41) is 2.52. The van der Waals surface area contributed by atoms with Crippen LogP contribution in [-0.2, 0) is 10.8 Å². The third kappa shape index (κ3) is 6.53. The van der Waals surface area contributed by atoms with Crippen LogP contribution in [0.25, 0.3) is 55.3 Å². The van der Waals surface area contributed by atoms with Gasteiger partial charge in [-0.3, -0.25) is 0 Å². The minimum Gasteiger partial charge on any atom is -0.376 e. The summed E-state index contributed by atoms with van der Waals surface area (Å²) in [5.74, 6) is 0. The van der Waals surface area contributed by atoms with Crippen LogP contribution in [0.15, 0.2) is 176 Å². The van der Waals surface area contributed by atoms with E-state index >= 15 is 0 Å².